The molecule has 0 spiro atoms. The molecule has 0 aliphatic rings. The second-order valence-electron chi connectivity index (χ2n) is 4.23. The minimum atomic E-state index is -0.926. The summed E-state index contributed by atoms with van der Waals surface area (Å²) in [6, 6.07) is -0.359. The van der Waals surface area contributed by atoms with Gasteiger partial charge in [-0.2, -0.15) is 0 Å². The number of nitrogens with two attached hydrogens (primary N) is 1. The standard InChI is InChI=1S/C9H18N2O3/c1-6(4-8(13)14)11-7(12)5-9(2,3)10/h6H,4-5,10H2,1-3H3,(H,11,12)(H,13,14). The zero-order valence-corrected chi connectivity index (χ0v) is 8.83. The Balaban J connectivity index is 3.89. The summed E-state index contributed by atoms with van der Waals surface area (Å²) in [5.41, 5.74) is 5.07. The number of carboxylic acids is 1. The molecule has 0 aliphatic carbocycles. The molecular weight excluding hydrogens is 184 g/mol. The highest BCUT2D eigenvalue weighted by molar-refractivity contribution is 5.78. The first-order chi connectivity index (χ1) is 6.20. The number of carboxylic acid groups (broad SMARTS) is 1. The molecule has 14 heavy (non-hydrogen) atoms. The van der Waals surface area contributed by atoms with E-state index in [-0.39, 0.29) is 24.8 Å². The molecule has 0 aromatic carbocycles. The van der Waals surface area contributed by atoms with Crippen LogP contribution in [0.15, 0.2) is 0 Å². The smallest absolute Gasteiger partial charge is 0.305 e. The molecule has 4 N–H and O–H groups in total. The maximum absolute atomic E-state index is 11.3. The van der Waals surface area contributed by atoms with Crippen molar-refractivity contribution in [3.05, 3.63) is 0 Å². The highest BCUT2D eigenvalue weighted by Crippen LogP contribution is 2.03. The zero-order valence-electron chi connectivity index (χ0n) is 8.83. The van der Waals surface area contributed by atoms with Crippen molar-refractivity contribution < 1.29 is 14.7 Å². The summed E-state index contributed by atoms with van der Waals surface area (Å²) in [4.78, 5) is 21.6. The molecule has 0 rings (SSSR count). The van der Waals surface area contributed by atoms with E-state index in [2.05, 4.69) is 5.32 Å². The normalized spacial score (nSPS) is 13.4. The van der Waals surface area contributed by atoms with Gasteiger partial charge in [0, 0.05) is 18.0 Å². The summed E-state index contributed by atoms with van der Waals surface area (Å²) >= 11 is 0. The van der Waals surface area contributed by atoms with Crippen LogP contribution in [0.2, 0.25) is 0 Å². The monoisotopic (exact) mass is 202 g/mol. The molecule has 0 aliphatic heterocycles. The third kappa shape index (κ3) is 7.54. The molecule has 0 radical (unpaired) electrons. The van der Waals surface area contributed by atoms with Crippen molar-refractivity contribution in [3.63, 3.8) is 0 Å². The van der Waals surface area contributed by atoms with Crippen LogP contribution in [0.1, 0.15) is 33.6 Å². The van der Waals surface area contributed by atoms with Crippen LogP contribution in [0.5, 0.6) is 0 Å². The van der Waals surface area contributed by atoms with Crippen LogP contribution >= 0.6 is 0 Å². The quantitative estimate of drug-likeness (QED) is 0.589. The molecule has 0 saturated heterocycles. The summed E-state index contributed by atoms with van der Waals surface area (Å²) in [5, 5.41) is 11.0. The van der Waals surface area contributed by atoms with Crippen molar-refractivity contribution in [3.8, 4) is 0 Å². The fraction of sp³-hybridized carbons (Fsp3) is 0.778. The van der Waals surface area contributed by atoms with Gasteiger partial charge >= 0.3 is 5.97 Å². The lowest BCUT2D eigenvalue weighted by Gasteiger charge is -2.19. The average molecular weight is 202 g/mol. The maximum Gasteiger partial charge on any atom is 0.305 e. The Morgan fingerprint density at radius 2 is 2.00 bits per heavy atom. The number of hydrogen-bond acceptors (Lipinski definition) is 3. The molecule has 0 aromatic heterocycles. The first kappa shape index (κ1) is 12.9. The predicted molar refractivity (Wildman–Crippen MR) is 52.7 cm³/mol. The van der Waals surface area contributed by atoms with Crippen molar-refractivity contribution >= 4 is 11.9 Å². The Kier molecular flexibility index (Phi) is 4.56. The summed E-state index contributed by atoms with van der Waals surface area (Å²) in [6.07, 6.45) is 0.119. The maximum atomic E-state index is 11.3. The Morgan fingerprint density at radius 1 is 1.50 bits per heavy atom. The number of carbonyl (C=O) groups excluding carboxylic acids is 1. The molecule has 5 nitrogen and oxygen atoms in total. The number of amides is 1. The van der Waals surface area contributed by atoms with E-state index in [4.69, 9.17) is 10.8 Å². The second-order valence-corrected chi connectivity index (χ2v) is 4.23. The van der Waals surface area contributed by atoms with E-state index in [1.807, 2.05) is 0 Å². The van der Waals surface area contributed by atoms with Crippen molar-refractivity contribution in [2.75, 3.05) is 0 Å². The average Bonchev–Trinajstić information content (AvgIpc) is 1.77. The molecule has 0 fully saturated rings. The highest BCUT2D eigenvalue weighted by atomic mass is 16.4. The number of aliphatic carboxylic acids is 1. The fourth-order valence-corrected chi connectivity index (χ4v) is 1.05. The van der Waals surface area contributed by atoms with E-state index < -0.39 is 11.5 Å². The van der Waals surface area contributed by atoms with Gasteiger partial charge in [-0.25, -0.2) is 0 Å². The summed E-state index contributed by atoms with van der Waals surface area (Å²) in [5.74, 6) is -1.14. The summed E-state index contributed by atoms with van der Waals surface area (Å²) in [7, 11) is 0. The third-order valence-corrected chi connectivity index (χ3v) is 1.50. The predicted octanol–water partition coefficient (Wildman–Crippen LogP) is 0.0932. The first-order valence-electron chi connectivity index (χ1n) is 4.51. The Hall–Kier alpha value is -1.10. The molecule has 5 heteroatoms. The Morgan fingerprint density at radius 3 is 2.36 bits per heavy atom. The van der Waals surface area contributed by atoms with Crippen LogP contribution in [0, 0.1) is 0 Å². The largest absolute Gasteiger partial charge is 0.481 e. The molecule has 0 aromatic rings. The van der Waals surface area contributed by atoms with Gasteiger partial charge in [-0.05, 0) is 20.8 Å². The zero-order chi connectivity index (χ0) is 11.4. The number of carbonyl (C=O) groups is 2. The third-order valence-electron chi connectivity index (χ3n) is 1.50. The van der Waals surface area contributed by atoms with Crippen LogP contribution < -0.4 is 11.1 Å². The van der Waals surface area contributed by atoms with Crippen LogP contribution in [0.3, 0.4) is 0 Å². The van der Waals surface area contributed by atoms with Gasteiger partial charge < -0.3 is 16.2 Å². The Labute approximate surface area is 83.7 Å². The van der Waals surface area contributed by atoms with Gasteiger partial charge in [0.2, 0.25) is 5.91 Å². The van der Waals surface area contributed by atoms with Crippen LogP contribution in [-0.4, -0.2) is 28.6 Å². The lowest BCUT2D eigenvalue weighted by atomic mass is 10.0. The molecule has 0 saturated carbocycles. The van der Waals surface area contributed by atoms with Gasteiger partial charge in [-0.15, -0.1) is 0 Å². The van der Waals surface area contributed by atoms with Crippen LogP contribution in [0.25, 0.3) is 0 Å². The lowest BCUT2D eigenvalue weighted by molar-refractivity contribution is -0.137. The highest BCUT2D eigenvalue weighted by Gasteiger charge is 2.18. The van der Waals surface area contributed by atoms with E-state index >= 15 is 0 Å². The van der Waals surface area contributed by atoms with Gasteiger partial charge in [0.25, 0.3) is 0 Å². The van der Waals surface area contributed by atoms with E-state index in [1.165, 1.54) is 0 Å². The molecule has 82 valence electrons. The molecule has 1 atom stereocenters. The minimum absolute atomic E-state index is 0.0727. The molecule has 1 unspecified atom stereocenters. The van der Waals surface area contributed by atoms with E-state index in [1.54, 1.807) is 20.8 Å². The topological polar surface area (TPSA) is 92.4 Å². The molecule has 0 bridgehead atoms. The molecule has 0 heterocycles. The van der Waals surface area contributed by atoms with Gasteiger partial charge in [-0.3, -0.25) is 9.59 Å². The van der Waals surface area contributed by atoms with E-state index in [0.29, 0.717) is 0 Å². The van der Waals surface area contributed by atoms with Crippen LogP contribution in [-0.2, 0) is 9.59 Å². The van der Waals surface area contributed by atoms with Gasteiger partial charge in [0.05, 0.1) is 6.42 Å². The minimum Gasteiger partial charge on any atom is -0.481 e. The van der Waals surface area contributed by atoms with Crippen molar-refractivity contribution in [1.82, 2.24) is 5.32 Å². The summed E-state index contributed by atoms with van der Waals surface area (Å²) < 4.78 is 0. The van der Waals surface area contributed by atoms with E-state index in [0.717, 1.165) is 0 Å². The van der Waals surface area contributed by atoms with Crippen molar-refractivity contribution in [1.29, 1.82) is 0 Å². The first-order valence-corrected chi connectivity index (χ1v) is 4.51. The number of hydrogen-bond donors (Lipinski definition) is 3. The lowest BCUT2D eigenvalue weighted by Crippen LogP contribution is -2.42. The fourth-order valence-electron chi connectivity index (χ4n) is 1.05. The van der Waals surface area contributed by atoms with Gasteiger partial charge in [0.1, 0.15) is 0 Å². The Bertz CT molecular complexity index is 221. The number of nitrogens with one attached hydrogen (secondary N) is 1. The molecular formula is C9H18N2O3. The van der Waals surface area contributed by atoms with Gasteiger partial charge in [-0.1, -0.05) is 0 Å². The summed E-state index contributed by atoms with van der Waals surface area (Å²) in [6.45, 7) is 5.14. The SMILES string of the molecule is CC(CC(=O)O)NC(=O)CC(C)(C)N. The number of rotatable bonds is 5. The molecule has 1 amide bonds. The van der Waals surface area contributed by atoms with Crippen molar-refractivity contribution in [2.45, 2.75) is 45.2 Å². The van der Waals surface area contributed by atoms with Crippen molar-refractivity contribution in [2.24, 2.45) is 5.73 Å². The van der Waals surface area contributed by atoms with E-state index in [9.17, 15) is 9.59 Å². The van der Waals surface area contributed by atoms with Gasteiger partial charge in [0.15, 0.2) is 0 Å². The second kappa shape index (κ2) is 4.95. The van der Waals surface area contributed by atoms with Crippen LogP contribution in [0.4, 0.5) is 0 Å².